The van der Waals surface area contributed by atoms with Crippen LogP contribution in [0.3, 0.4) is 0 Å². The van der Waals surface area contributed by atoms with Gasteiger partial charge in [-0.25, -0.2) is 4.98 Å². The second-order valence-corrected chi connectivity index (χ2v) is 5.60. The maximum atomic E-state index is 11.9. The van der Waals surface area contributed by atoms with Crippen LogP contribution in [0.1, 0.15) is 31.1 Å². The molecule has 1 aromatic heterocycles. The molecule has 0 saturated heterocycles. The van der Waals surface area contributed by atoms with Gasteiger partial charge in [0, 0.05) is 12.7 Å². The van der Waals surface area contributed by atoms with Crippen molar-refractivity contribution < 1.29 is 9.59 Å². The fourth-order valence-corrected chi connectivity index (χ4v) is 1.62. The molecule has 1 heterocycles. The predicted molar refractivity (Wildman–Crippen MR) is 79.0 cm³/mol. The second-order valence-electron chi connectivity index (χ2n) is 4.83. The smallest absolute Gasteiger partial charge is 0.253 e. The summed E-state index contributed by atoms with van der Waals surface area (Å²) in [6, 6.07) is 0.765. The molecule has 0 aliphatic heterocycles. The molecular formula is C13H17Cl2N3O2. The van der Waals surface area contributed by atoms with E-state index in [0.717, 1.165) is 0 Å². The Labute approximate surface area is 128 Å². The zero-order valence-electron chi connectivity index (χ0n) is 11.5. The Kier molecular flexibility index (Phi) is 6.23. The average Bonchev–Trinajstić information content (AvgIpc) is 2.38. The summed E-state index contributed by atoms with van der Waals surface area (Å²) in [6.07, 6.45) is 1.31. The maximum Gasteiger partial charge on any atom is 0.253 e. The molecule has 20 heavy (non-hydrogen) atoms. The highest BCUT2D eigenvalue weighted by atomic mass is 35.5. The van der Waals surface area contributed by atoms with Gasteiger partial charge in [0.2, 0.25) is 5.91 Å². The number of carbonyl (C=O) groups is 2. The molecule has 110 valence electrons. The van der Waals surface area contributed by atoms with Gasteiger partial charge in [0.1, 0.15) is 11.2 Å². The molecule has 0 aliphatic rings. The van der Waals surface area contributed by atoms with Crippen molar-refractivity contribution in [1.82, 2.24) is 15.6 Å². The third-order valence-corrected chi connectivity index (χ3v) is 3.17. The molecule has 0 aliphatic carbocycles. The number of rotatable bonds is 5. The van der Waals surface area contributed by atoms with Crippen LogP contribution < -0.4 is 10.6 Å². The number of halogens is 2. The van der Waals surface area contributed by atoms with Crippen LogP contribution in [0.4, 0.5) is 0 Å². The topological polar surface area (TPSA) is 71.1 Å². The Bertz CT molecular complexity index is 506. The molecule has 0 saturated carbocycles. The molecule has 5 nitrogen and oxygen atoms in total. The quantitative estimate of drug-likeness (QED) is 0.818. The van der Waals surface area contributed by atoms with Gasteiger partial charge >= 0.3 is 0 Å². The molecule has 0 spiro atoms. The minimum absolute atomic E-state index is 0.131. The highest BCUT2D eigenvalue weighted by Crippen LogP contribution is 2.19. The normalized spacial score (nSPS) is 12.1. The number of pyridine rings is 1. The summed E-state index contributed by atoms with van der Waals surface area (Å²) < 4.78 is 0. The van der Waals surface area contributed by atoms with Crippen LogP contribution in [0.5, 0.6) is 0 Å². The highest BCUT2D eigenvalue weighted by Gasteiger charge is 2.17. The van der Waals surface area contributed by atoms with Crippen LogP contribution in [-0.4, -0.2) is 29.4 Å². The molecule has 0 bridgehead atoms. The molecular weight excluding hydrogens is 301 g/mol. The van der Waals surface area contributed by atoms with E-state index in [0.29, 0.717) is 12.5 Å². The van der Waals surface area contributed by atoms with E-state index in [9.17, 15) is 9.59 Å². The first-order valence-electron chi connectivity index (χ1n) is 6.21. The lowest BCUT2D eigenvalue weighted by molar-refractivity contribution is -0.122. The number of hydrogen-bond donors (Lipinski definition) is 2. The number of nitrogens with one attached hydrogen (secondary N) is 2. The SMILES string of the molecule is CC(C)CNC(=O)C(C)NC(=O)c1cnc(Cl)c(Cl)c1. The lowest BCUT2D eigenvalue weighted by Gasteiger charge is -2.15. The fraction of sp³-hybridized carbons (Fsp3) is 0.462. The summed E-state index contributed by atoms with van der Waals surface area (Å²) in [7, 11) is 0. The van der Waals surface area contributed by atoms with Crippen molar-refractivity contribution in [1.29, 1.82) is 0 Å². The average molecular weight is 318 g/mol. The maximum absolute atomic E-state index is 11.9. The van der Waals surface area contributed by atoms with E-state index in [1.807, 2.05) is 13.8 Å². The molecule has 1 unspecified atom stereocenters. The number of aromatic nitrogens is 1. The van der Waals surface area contributed by atoms with Crippen LogP contribution in [-0.2, 0) is 4.79 Å². The van der Waals surface area contributed by atoms with Crippen LogP contribution in [0.15, 0.2) is 12.3 Å². The van der Waals surface area contributed by atoms with Gasteiger partial charge in [0.05, 0.1) is 10.6 Å². The standard InChI is InChI=1S/C13H17Cl2N3O2/c1-7(2)5-17-12(19)8(3)18-13(20)9-4-10(14)11(15)16-6-9/h4,6-8H,5H2,1-3H3,(H,17,19)(H,18,20). The monoisotopic (exact) mass is 317 g/mol. The largest absolute Gasteiger partial charge is 0.354 e. The second kappa shape index (κ2) is 7.45. The van der Waals surface area contributed by atoms with Gasteiger partial charge in [-0.2, -0.15) is 0 Å². The summed E-state index contributed by atoms with van der Waals surface area (Å²) in [6.45, 7) is 6.15. The summed E-state index contributed by atoms with van der Waals surface area (Å²) in [5.41, 5.74) is 0.253. The van der Waals surface area contributed by atoms with Crippen molar-refractivity contribution in [2.24, 2.45) is 5.92 Å². The van der Waals surface area contributed by atoms with E-state index in [2.05, 4.69) is 15.6 Å². The van der Waals surface area contributed by atoms with Gasteiger partial charge in [0.15, 0.2) is 0 Å². The van der Waals surface area contributed by atoms with Crippen LogP contribution >= 0.6 is 23.2 Å². The minimum Gasteiger partial charge on any atom is -0.354 e. The van der Waals surface area contributed by atoms with E-state index >= 15 is 0 Å². The van der Waals surface area contributed by atoms with E-state index in [1.54, 1.807) is 6.92 Å². The lowest BCUT2D eigenvalue weighted by Crippen LogP contribution is -2.45. The molecule has 1 aromatic rings. The molecule has 2 amide bonds. The third-order valence-electron chi connectivity index (χ3n) is 2.48. The number of amides is 2. The Morgan fingerprint density at radius 3 is 2.50 bits per heavy atom. The van der Waals surface area contributed by atoms with Gasteiger partial charge in [-0.3, -0.25) is 9.59 Å². The van der Waals surface area contributed by atoms with E-state index in [4.69, 9.17) is 23.2 Å². The Morgan fingerprint density at radius 1 is 1.30 bits per heavy atom. The Hall–Kier alpha value is -1.33. The molecule has 1 rings (SSSR count). The van der Waals surface area contributed by atoms with Gasteiger partial charge in [-0.15, -0.1) is 0 Å². The molecule has 0 aromatic carbocycles. The first kappa shape index (κ1) is 16.7. The summed E-state index contributed by atoms with van der Waals surface area (Å²) in [5.74, 6) is -0.315. The van der Waals surface area contributed by atoms with Crippen LogP contribution in [0.25, 0.3) is 0 Å². The molecule has 1 atom stereocenters. The summed E-state index contributed by atoms with van der Waals surface area (Å²) in [5, 5.41) is 5.64. The first-order valence-corrected chi connectivity index (χ1v) is 6.96. The summed E-state index contributed by atoms with van der Waals surface area (Å²) in [4.78, 5) is 27.5. The van der Waals surface area contributed by atoms with E-state index < -0.39 is 11.9 Å². The van der Waals surface area contributed by atoms with E-state index in [-0.39, 0.29) is 21.6 Å². The van der Waals surface area contributed by atoms with Crippen molar-refractivity contribution >= 4 is 35.0 Å². The fourth-order valence-electron chi connectivity index (χ4n) is 1.35. The Morgan fingerprint density at radius 2 is 1.95 bits per heavy atom. The third kappa shape index (κ3) is 4.98. The van der Waals surface area contributed by atoms with Gasteiger partial charge in [-0.05, 0) is 18.9 Å². The number of hydrogen-bond acceptors (Lipinski definition) is 3. The zero-order chi connectivity index (χ0) is 15.3. The molecule has 0 fully saturated rings. The van der Waals surface area contributed by atoms with Crippen molar-refractivity contribution in [3.63, 3.8) is 0 Å². The lowest BCUT2D eigenvalue weighted by atomic mass is 10.2. The minimum atomic E-state index is -0.643. The predicted octanol–water partition coefficient (Wildman–Crippen LogP) is 2.28. The van der Waals surface area contributed by atoms with Crippen molar-refractivity contribution in [2.45, 2.75) is 26.8 Å². The molecule has 2 N–H and O–H groups in total. The first-order chi connectivity index (χ1) is 9.31. The van der Waals surface area contributed by atoms with Crippen molar-refractivity contribution in [3.05, 3.63) is 28.0 Å². The number of nitrogens with zero attached hydrogens (tertiary/aromatic N) is 1. The van der Waals surface area contributed by atoms with Crippen LogP contribution in [0, 0.1) is 5.92 Å². The van der Waals surface area contributed by atoms with Gasteiger partial charge in [0.25, 0.3) is 5.91 Å². The van der Waals surface area contributed by atoms with Crippen molar-refractivity contribution in [2.75, 3.05) is 6.54 Å². The van der Waals surface area contributed by atoms with Gasteiger partial charge in [-0.1, -0.05) is 37.0 Å². The zero-order valence-corrected chi connectivity index (χ0v) is 13.0. The van der Waals surface area contributed by atoms with Gasteiger partial charge < -0.3 is 10.6 Å². The Balaban J connectivity index is 2.60. The molecule has 0 radical (unpaired) electrons. The van der Waals surface area contributed by atoms with E-state index in [1.165, 1.54) is 12.3 Å². The number of carbonyl (C=O) groups excluding carboxylic acids is 2. The highest BCUT2D eigenvalue weighted by molar-refractivity contribution is 6.41. The molecule has 7 heteroatoms. The van der Waals surface area contributed by atoms with Crippen molar-refractivity contribution in [3.8, 4) is 0 Å². The summed E-state index contributed by atoms with van der Waals surface area (Å²) >= 11 is 11.5. The van der Waals surface area contributed by atoms with Crippen LogP contribution in [0.2, 0.25) is 10.2 Å².